The van der Waals surface area contributed by atoms with Crippen LogP contribution in [0.25, 0.3) is 0 Å². The molecule has 4 rings (SSSR count). The van der Waals surface area contributed by atoms with Crippen LogP contribution in [0.5, 0.6) is 0 Å². The lowest BCUT2D eigenvalue weighted by molar-refractivity contribution is -0.133. The Morgan fingerprint density at radius 1 is 1.19 bits per heavy atom. The molecule has 2 atom stereocenters. The summed E-state index contributed by atoms with van der Waals surface area (Å²) in [6.45, 7) is 5.18. The van der Waals surface area contributed by atoms with E-state index in [1.54, 1.807) is 6.20 Å². The molecule has 0 radical (unpaired) electrons. The van der Waals surface area contributed by atoms with Crippen LogP contribution in [0.15, 0.2) is 42.7 Å². The molecule has 1 aromatic carbocycles. The first kappa shape index (κ1) is 18.2. The van der Waals surface area contributed by atoms with E-state index in [9.17, 15) is 4.79 Å². The molecule has 2 aliphatic rings. The van der Waals surface area contributed by atoms with E-state index in [1.807, 2.05) is 41.4 Å². The maximum absolute atomic E-state index is 12.9. The van der Waals surface area contributed by atoms with Gasteiger partial charge in [-0.3, -0.25) is 9.78 Å². The van der Waals surface area contributed by atoms with Crippen LogP contribution in [0.2, 0.25) is 5.02 Å². The second kappa shape index (κ2) is 7.84. The Kier molecular flexibility index (Phi) is 5.29. The average molecular weight is 386 g/mol. The maximum Gasteiger partial charge on any atom is 0.241 e. The minimum atomic E-state index is -0.199. The van der Waals surface area contributed by atoms with Crippen LogP contribution in [0.3, 0.4) is 0 Å². The molecular formula is C20H24ClN5O. The van der Waals surface area contributed by atoms with E-state index >= 15 is 0 Å². The minimum absolute atomic E-state index is 0.114. The van der Waals surface area contributed by atoms with Crippen molar-refractivity contribution in [1.29, 1.82) is 0 Å². The topological polar surface area (TPSA) is 60.5 Å². The molecule has 7 heteroatoms. The van der Waals surface area contributed by atoms with Gasteiger partial charge in [0.1, 0.15) is 6.04 Å². The van der Waals surface area contributed by atoms with Crippen molar-refractivity contribution >= 4 is 23.2 Å². The van der Waals surface area contributed by atoms with E-state index in [1.165, 1.54) is 5.56 Å². The Bertz CT molecular complexity index is 807. The van der Waals surface area contributed by atoms with Gasteiger partial charge in [0.2, 0.25) is 5.91 Å². The van der Waals surface area contributed by atoms with Gasteiger partial charge in [0.05, 0.1) is 0 Å². The number of rotatable bonds is 3. The van der Waals surface area contributed by atoms with E-state index in [0.717, 1.165) is 48.9 Å². The van der Waals surface area contributed by atoms with Gasteiger partial charge in [-0.2, -0.15) is 0 Å². The van der Waals surface area contributed by atoms with Gasteiger partial charge >= 0.3 is 0 Å². The molecule has 1 aromatic heterocycles. The van der Waals surface area contributed by atoms with Crippen molar-refractivity contribution in [2.75, 3.05) is 31.1 Å². The van der Waals surface area contributed by atoms with Crippen LogP contribution in [0.4, 0.5) is 5.69 Å². The van der Waals surface area contributed by atoms with Gasteiger partial charge < -0.3 is 9.80 Å². The van der Waals surface area contributed by atoms with Crippen LogP contribution in [-0.4, -0.2) is 48.0 Å². The lowest BCUT2D eigenvalue weighted by Crippen LogP contribution is -2.53. The fourth-order valence-electron chi connectivity index (χ4n) is 3.83. The molecular weight excluding hydrogens is 362 g/mol. The zero-order valence-electron chi connectivity index (χ0n) is 15.4. The molecule has 2 saturated heterocycles. The van der Waals surface area contributed by atoms with Crippen LogP contribution in [0, 0.1) is 6.92 Å². The molecule has 2 unspecified atom stereocenters. The number of hydrogen-bond acceptors (Lipinski definition) is 5. The minimum Gasteiger partial charge on any atom is -0.368 e. The summed E-state index contributed by atoms with van der Waals surface area (Å²) in [5.41, 5.74) is 9.86. The number of anilines is 1. The molecule has 6 nitrogen and oxygen atoms in total. The molecule has 2 aliphatic heterocycles. The summed E-state index contributed by atoms with van der Waals surface area (Å²) in [5, 5.41) is 0.747. The highest BCUT2D eigenvalue weighted by molar-refractivity contribution is 6.30. The monoisotopic (exact) mass is 385 g/mol. The van der Waals surface area contributed by atoms with E-state index in [4.69, 9.17) is 11.6 Å². The van der Waals surface area contributed by atoms with Crippen molar-refractivity contribution in [3.8, 4) is 0 Å². The predicted molar refractivity (Wildman–Crippen MR) is 107 cm³/mol. The van der Waals surface area contributed by atoms with Crippen LogP contribution < -0.4 is 15.8 Å². The molecule has 0 bridgehead atoms. The van der Waals surface area contributed by atoms with Crippen LogP contribution in [-0.2, 0) is 4.79 Å². The highest BCUT2D eigenvalue weighted by atomic mass is 35.5. The summed E-state index contributed by atoms with van der Waals surface area (Å²) in [7, 11) is 0. The maximum atomic E-state index is 12.9. The lowest BCUT2D eigenvalue weighted by Gasteiger charge is -2.37. The first-order valence-electron chi connectivity index (χ1n) is 9.32. The standard InChI is InChI=1S/C20H24ClN5O/c1-14-4-5-16(21)11-19(14)25-7-9-26(10-8-25)20(27)18-12-17(23-24-18)15-3-2-6-22-13-15/h2-6,11,13,17-18,23-24H,7-10,12H2,1H3. The predicted octanol–water partition coefficient (Wildman–Crippen LogP) is 2.30. The first-order valence-corrected chi connectivity index (χ1v) is 9.70. The van der Waals surface area contributed by atoms with Gasteiger partial charge in [-0.15, -0.1) is 0 Å². The largest absolute Gasteiger partial charge is 0.368 e. The number of aromatic nitrogens is 1. The molecule has 0 saturated carbocycles. The lowest BCUT2D eigenvalue weighted by atomic mass is 10.0. The number of nitrogens with one attached hydrogen (secondary N) is 2. The van der Waals surface area contributed by atoms with Crippen LogP contribution >= 0.6 is 11.6 Å². The number of amides is 1. The molecule has 2 aromatic rings. The van der Waals surface area contributed by atoms with Gasteiger partial charge in [-0.25, -0.2) is 10.9 Å². The number of halogens is 1. The first-order chi connectivity index (χ1) is 13.1. The number of hydrazine groups is 1. The number of aryl methyl sites for hydroxylation is 1. The summed E-state index contributed by atoms with van der Waals surface area (Å²) in [6.07, 6.45) is 4.34. The molecule has 27 heavy (non-hydrogen) atoms. The SMILES string of the molecule is Cc1ccc(Cl)cc1N1CCN(C(=O)C2CC(c3cccnc3)NN2)CC1. The normalized spacial score (nSPS) is 22.9. The molecule has 0 aliphatic carbocycles. The molecule has 1 amide bonds. The smallest absolute Gasteiger partial charge is 0.241 e. The highest BCUT2D eigenvalue weighted by Gasteiger charge is 2.34. The summed E-state index contributed by atoms with van der Waals surface area (Å²) >= 11 is 6.15. The highest BCUT2D eigenvalue weighted by Crippen LogP contribution is 2.26. The quantitative estimate of drug-likeness (QED) is 0.849. The Hall–Kier alpha value is -2.15. The van der Waals surface area contributed by atoms with Gasteiger partial charge in [0.25, 0.3) is 0 Å². The average Bonchev–Trinajstić information content (AvgIpc) is 3.20. The third kappa shape index (κ3) is 3.93. The van der Waals surface area contributed by atoms with Gasteiger partial charge in [-0.05, 0) is 42.7 Å². The van der Waals surface area contributed by atoms with Gasteiger partial charge in [0.15, 0.2) is 0 Å². The summed E-state index contributed by atoms with van der Waals surface area (Å²) in [4.78, 5) is 21.3. The van der Waals surface area contributed by atoms with Gasteiger partial charge in [-0.1, -0.05) is 23.7 Å². The Morgan fingerprint density at radius 3 is 2.74 bits per heavy atom. The third-order valence-electron chi connectivity index (χ3n) is 5.39. The Morgan fingerprint density at radius 2 is 2.00 bits per heavy atom. The van der Waals surface area contributed by atoms with E-state index < -0.39 is 0 Å². The number of hydrogen-bond donors (Lipinski definition) is 2. The zero-order chi connectivity index (χ0) is 18.8. The second-order valence-corrected chi connectivity index (χ2v) is 7.60. The number of pyridine rings is 1. The second-order valence-electron chi connectivity index (χ2n) is 7.16. The van der Waals surface area contributed by atoms with Crippen molar-refractivity contribution in [3.05, 3.63) is 58.9 Å². The number of carbonyl (C=O) groups excluding carboxylic acids is 1. The van der Waals surface area contributed by atoms with Crippen molar-refractivity contribution < 1.29 is 4.79 Å². The number of piperazine rings is 1. The van der Waals surface area contributed by atoms with Gasteiger partial charge in [0, 0.05) is 55.3 Å². The van der Waals surface area contributed by atoms with Crippen molar-refractivity contribution in [2.24, 2.45) is 0 Å². The third-order valence-corrected chi connectivity index (χ3v) is 5.63. The fraction of sp³-hybridized carbons (Fsp3) is 0.400. The Labute approximate surface area is 164 Å². The number of carbonyl (C=O) groups is 1. The Balaban J connectivity index is 1.34. The summed E-state index contributed by atoms with van der Waals surface area (Å²) < 4.78 is 0. The molecule has 142 valence electrons. The number of nitrogens with zero attached hydrogens (tertiary/aromatic N) is 3. The van der Waals surface area contributed by atoms with Crippen molar-refractivity contribution in [2.45, 2.75) is 25.4 Å². The van der Waals surface area contributed by atoms with Crippen LogP contribution in [0.1, 0.15) is 23.6 Å². The van der Waals surface area contributed by atoms with E-state index in [2.05, 4.69) is 27.7 Å². The van der Waals surface area contributed by atoms with E-state index in [0.29, 0.717) is 0 Å². The molecule has 3 heterocycles. The fourth-order valence-corrected chi connectivity index (χ4v) is 4.00. The summed E-state index contributed by atoms with van der Waals surface area (Å²) in [6, 6.07) is 9.83. The van der Waals surface area contributed by atoms with E-state index in [-0.39, 0.29) is 18.0 Å². The summed E-state index contributed by atoms with van der Waals surface area (Å²) in [5.74, 6) is 0.163. The molecule has 2 fully saturated rings. The molecule has 2 N–H and O–H groups in total. The van der Waals surface area contributed by atoms with Crippen molar-refractivity contribution in [1.82, 2.24) is 20.7 Å². The zero-order valence-corrected chi connectivity index (χ0v) is 16.1. The number of benzene rings is 1. The molecule has 0 spiro atoms. The van der Waals surface area contributed by atoms with Crippen molar-refractivity contribution in [3.63, 3.8) is 0 Å².